The molecule has 0 spiro atoms. The van der Waals surface area contributed by atoms with Crippen LogP contribution in [0.25, 0.3) is 0 Å². The Balaban J connectivity index is 3.62. The smallest absolute Gasteiger partial charge is 0.268 e. The van der Waals surface area contributed by atoms with Gasteiger partial charge in [-0.25, -0.2) is 27.3 Å². The van der Waals surface area contributed by atoms with Crippen LogP contribution in [0.1, 0.15) is 12.0 Å². The van der Waals surface area contributed by atoms with E-state index in [1.54, 1.807) is 0 Å². The van der Waals surface area contributed by atoms with Crippen LogP contribution in [-0.4, -0.2) is 13.4 Å². The number of hydrogen-bond acceptors (Lipinski definition) is 4. The van der Waals surface area contributed by atoms with Gasteiger partial charge in [0.2, 0.25) is 10.0 Å². The third-order valence-electron chi connectivity index (χ3n) is 1.54. The molecule has 0 amide bonds. The second kappa shape index (κ2) is 3.87. The van der Waals surface area contributed by atoms with Gasteiger partial charge >= 0.3 is 0 Å². The molecule has 5 nitrogen and oxygen atoms in total. The third-order valence-corrected chi connectivity index (χ3v) is 2.69. The molecule has 9 heteroatoms. The number of nitrogen functional groups attached to an aromatic ring is 1. The summed E-state index contributed by atoms with van der Waals surface area (Å²) in [7, 11) is -4.31. The van der Waals surface area contributed by atoms with Crippen LogP contribution >= 0.6 is 11.6 Å². The molecule has 0 saturated heterocycles. The van der Waals surface area contributed by atoms with Crippen LogP contribution in [0.2, 0.25) is 5.15 Å². The van der Waals surface area contributed by atoms with Gasteiger partial charge in [-0.3, -0.25) is 0 Å². The number of alkyl halides is 2. The molecule has 1 aromatic rings. The Labute approximate surface area is 89.1 Å². The van der Waals surface area contributed by atoms with Crippen LogP contribution in [0.4, 0.5) is 14.6 Å². The molecule has 0 aliphatic heterocycles. The number of aromatic nitrogens is 1. The van der Waals surface area contributed by atoms with Crippen molar-refractivity contribution < 1.29 is 17.2 Å². The maximum atomic E-state index is 12.5. The molecule has 1 heterocycles. The molecular formula is C6H6ClF2N3O2S. The van der Waals surface area contributed by atoms with Gasteiger partial charge in [0.15, 0.2) is 0 Å². The van der Waals surface area contributed by atoms with Crippen molar-refractivity contribution in [1.29, 1.82) is 0 Å². The van der Waals surface area contributed by atoms with Gasteiger partial charge in [0.1, 0.15) is 11.0 Å². The van der Waals surface area contributed by atoms with E-state index < -0.39 is 32.7 Å². The lowest BCUT2D eigenvalue weighted by molar-refractivity contribution is 0.148. The highest BCUT2D eigenvalue weighted by Crippen LogP contribution is 2.31. The number of hydrogen-bond donors (Lipinski definition) is 2. The fourth-order valence-electron chi connectivity index (χ4n) is 0.974. The molecule has 84 valence electrons. The molecule has 0 atom stereocenters. The summed E-state index contributed by atoms with van der Waals surface area (Å²) in [6.07, 6.45) is -3.09. The normalized spacial score (nSPS) is 12.1. The lowest BCUT2D eigenvalue weighted by atomic mass is 10.2. The summed E-state index contributed by atoms with van der Waals surface area (Å²) >= 11 is 5.38. The van der Waals surface area contributed by atoms with Crippen molar-refractivity contribution in [3.05, 3.63) is 16.8 Å². The van der Waals surface area contributed by atoms with Gasteiger partial charge in [-0.1, -0.05) is 11.6 Å². The average Bonchev–Trinajstić information content (AvgIpc) is 1.99. The molecule has 0 bridgehead atoms. The van der Waals surface area contributed by atoms with Crippen LogP contribution in [0.15, 0.2) is 11.0 Å². The van der Waals surface area contributed by atoms with E-state index in [2.05, 4.69) is 4.98 Å². The van der Waals surface area contributed by atoms with Crippen LogP contribution in [0.5, 0.6) is 0 Å². The van der Waals surface area contributed by atoms with E-state index in [1.807, 2.05) is 0 Å². The second-order valence-electron chi connectivity index (χ2n) is 2.59. The van der Waals surface area contributed by atoms with Crippen molar-refractivity contribution in [2.45, 2.75) is 11.3 Å². The van der Waals surface area contributed by atoms with Crippen molar-refractivity contribution in [2.24, 2.45) is 5.14 Å². The summed E-state index contributed by atoms with van der Waals surface area (Å²) in [5, 5.41) is 4.41. The quantitative estimate of drug-likeness (QED) is 0.769. The number of anilines is 1. The fraction of sp³-hybridized carbons (Fsp3) is 0.167. The van der Waals surface area contributed by atoms with Gasteiger partial charge in [-0.2, -0.15) is 0 Å². The van der Waals surface area contributed by atoms with Crippen LogP contribution in [0, 0.1) is 0 Å². The first kappa shape index (κ1) is 12.1. The number of halogens is 3. The van der Waals surface area contributed by atoms with E-state index in [9.17, 15) is 17.2 Å². The summed E-state index contributed by atoms with van der Waals surface area (Å²) in [6.45, 7) is 0. The Morgan fingerprint density at radius 3 is 2.40 bits per heavy atom. The van der Waals surface area contributed by atoms with E-state index in [-0.39, 0.29) is 5.15 Å². The number of pyridine rings is 1. The number of nitrogens with zero attached hydrogens (tertiary/aromatic N) is 1. The summed E-state index contributed by atoms with van der Waals surface area (Å²) in [5.41, 5.74) is 4.20. The molecule has 0 saturated carbocycles. The summed E-state index contributed by atoms with van der Waals surface area (Å²) < 4.78 is 46.9. The standard InChI is InChI=1S/C6H6ClF2N3O2S/c7-3-1-2(15(11,13)14)4(5(8)9)6(10)12-3/h1,5H,(H2,10,12)(H2,11,13,14). The average molecular weight is 258 g/mol. The van der Waals surface area contributed by atoms with Crippen LogP contribution in [0.3, 0.4) is 0 Å². The van der Waals surface area contributed by atoms with Gasteiger partial charge in [0.05, 0.1) is 10.5 Å². The number of sulfonamides is 1. The SMILES string of the molecule is Nc1nc(Cl)cc(S(N)(=O)=O)c1C(F)F. The van der Waals surface area contributed by atoms with Crippen molar-refractivity contribution in [3.63, 3.8) is 0 Å². The minimum atomic E-state index is -4.31. The van der Waals surface area contributed by atoms with Crippen molar-refractivity contribution >= 4 is 27.4 Å². The first-order valence-electron chi connectivity index (χ1n) is 3.50. The maximum absolute atomic E-state index is 12.5. The number of primary sulfonamides is 1. The van der Waals surface area contributed by atoms with Crippen molar-refractivity contribution in [2.75, 3.05) is 5.73 Å². The Morgan fingerprint density at radius 2 is 2.00 bits per heavy atom. The zero-order valence-corrected chi connectivity index (χ0v) is 8.69. The number of nitrogens with two attached hydrogens (primary N) is 2. The van der Waals surface area contributed by atoms with E-state index in [4.69, 9.17) is 22.5 Å². The summed E-state index contributed by atoms with van der Waals surface area (Å²) in [6, 6.07) is 0.731. The summed E-state index contributed by atoms with van der Waals surface area (Å²) in [5.74, 6) is -0.651. The summed E-state index contributed by atoms with van der Waals surface area (Å²) in [4.78, 5) is 2.50. The molecule has 0 aromatic carbocycles. The monoisotopic (exact) mass is 257 g/mol. The molecule has 1 rings (SSSR count). The molecule has 0 aliphatic rings. The van der Waals surface area contributed by atoms with Gasteiger partial charge in [-0.05, 0) is 6.07 Å². The van der Waals surface area contributed by atoms with Gasteiger partial charge < -0.3 is 5.73 Å². The number of rotatable bonds is 2. The third kappa shape index (κ3) is 2.52. The fourth-order valence-corrected chi connectivity index (χ4v) is 2.02. The van der Waals surface area contributed by atoms with E-state index in [0.717, 1.165) is 6.07 Å². The Kier molecular flexibility index (Phi) is 3.12. The van der Waals surface area contributed by atoms with E-state index in [0.29, 0.717) is 0 Å². The zero-order chi connectivity index (χ0) is 11.8. The first-order valence-corrected chi connectivity index (χ1v) is 5.42. The Hall–Kier alpha value is -0.990. The molecule has 0 radical (unpaired) electrons. The highest BCUT2D eigenvalue weighted by atomic mass is 35.5. The van der Waals surface area contributed by atoms with Crippen molar-refractivity contribution in [3.8, 4) is 0 Å². The predicted molar refractivity (Wildman–Crippen MR) is 50.0 cm³/mol. The highest BCUT2D eigenvalue weighted by molar-refractivity contribution is 7.89. The van der Waals surface area contributed by atoms with E-state index in [1.165, 1.54) is 0 Å². The molecule has 4 N–H and O–H groups in total. The zero-order valence-electron chi connectivity index (χ0n) is 7.12. The van der Waals surface area contributed by atoms with Crippen molar-refractivity contribution in [1.82, 2.24) is 4.98 Å². The predicted octanol–water partition coefficient (Wildman–Crippen LogP) is 0.902. The van der Waals surface area contributed by atoms with Gasteiger partial charge in [-0.15, -0.1) is 0 Å². The van der Waals surface area contributed by atoms with Crippen LogP contribution < -0.4 is 10.9 Å². The van der Waals surface area contributed by atoms with Crippen LogP contribution in [-0.2, 0) is 10.0 Å². The molecule has 0 aliphatic carbocycles. The van der Waals surface area contributed by atoms with Gasteiger partial charge in [0.25, 0.3) is 6.43 Å². The topological polar surface area (TPSA) is 99.1 Å². The second-order valence-corrected chi connectivity index (χ2v) is 4.50. The van der Waals surface area contributed by atoms with Gasteiger partial charge in [0, 0.05) is 0 Å². The van der Waals surface area contributed by atoms with E-state index >= 15 is 0 Å². The molecular weight excluding hydrogens is 252 g/mol. The minimum absolute atomic E-state index is 0.319. The first-order chi connectivity index (χ1) is 6.73. The lowest BCUT2D eigenvalue weighted by Crippen LogP contribution is -2.16. The largest absolute Gasteiger partial charge is 0.383 e. The lowest BCUT2D eigenvalue weighted by Gasteiger charge is -2.09. The minimum Gasteiger partial charge on any atom is -0.383 e. The molecule has 0 unspecified atom stereocenters. The maximum Gasteiger partial charge on any atom is 0.268 e. The molecule has 15 heavy (non-hydrogen) atoms. The molecule has 1 aromatic heterocycles. The molecule has 0 fully saturated rings. The highest BCUT2D eigenvalue weighted by Gasteiger charge is 2.25. The Morgan fingerprint density at radius 1 is 1.47 bits per heavy atom. The Bertz CT molecular complexity index is 491.